The number of aryl methyl sites for hydroxylation is 3. The predicted octanol–water partition coefficient (Wildman–Crippen LogP) is 2.56. The van der Waals surface area contributed by atoms with Crippen molar-refractivity contribution in [1.82, 2.24) is 9.03 Å². The third-order valence-corrected chi connectivity index (χ3v) is 9.18. The van der Waals surface area contributed by atoms with Gasteiger partial charge in [-0.3, -0.25) is 4.79 Å². The van der Waals surface area contributed by atoms with Crippen LogP contribution >= 0.6 is 0 Å². The normalized spacial score (nSPS) is 17.8. The molecule has 32 heavy (non-hydrogen) atoms. The zero-order chi connectivity index (χ0) is 23.7. The lowest BCUT2D eigenvalue weighted by molar-refractivity contribution is -0.120. The van der Waals surface area contributed by atoms with Crippen molar-refractivity contribution in [2.75, 3.05) is 25.5 Å². The average molecular weight is 480 g/mol. The topological polar surface area (TPSA) is 113 Å². The minimum absolute atomic E-state index is 0.0451. The third-order valence-electron chi connectivity index (χ3n) is 5.76. The van der Waals surface area contributed by atoms with E-state index in [1.807, 2.05) is 13.0 Å². The van der Waals surface area contributed by atoms with Gasteiger partial charge in [0.05, 0.1) is 15.7 Å². The van der Waals surface area contributed by atoms with Crippen LogP contribution in [-0.4, -0.2) is 47.2 Å². The molecule has 0 radical (unpaired) electrons. The molecule has 2 aromatic carbocycles. The average Bonchev–Trinajstić information content (AvgIpc) is 2.76. The summed E-state index contributed by atoms with van der Waals surface area (Å²) in [5, 5.41) is 2.80. The fraction of sp³-hybridized carbons (Fsp3) is 0.409. The first-order chi connectivity index (χ1) is 15.0. The van der Waals surface area contributed by atoms with E-state index < -0.39 is 26.0 Å². The molecule has 0 saturated carbocycles. The Balaban J connectivity index is 1.81. The van der Waals surface area contributed by atoms with Crippen LogP contribution in [0.5, 0.6) is 0 Å². The summed E-state index contributed by atoms with van der Waals surface area (Å²) in [6, 6.07) is 9.81. The van der Waals surface area contributed by atoms with Crippen molar-refractivity contribution in [2.24, 2.45) is 5.92 Å². The molecule has 1 amide bonds. The number of hydrogen-bond donors (Lipinski definition) is 2. The summed E-state index contributed by atoms with van der Waals surface area (Å²) >= 11 is 0. The largest absolute Gasteiger partial charge is 0.326 e. The van der Waals surface area contributed by atoms with Gasteiger partial charge in [-0.2, -0.15) is 4.31 Å². The molecule has 0 aliphatic carbocycles. The van der Waals surface area contributed by atoms with Crippen molar-refractivity contribution in [3.05, 3.63) is 53.1 Å². The Morgan fingerprint density at radius 3 is 2.38 bits per heavy atom. The molecule has 0 bridgehead atoms. The van der Waals surface area contributed by atoms with Crippen LogP contribution in [0, 0.1) is 26.7 Å². The summed E-state index contributed by atoms with van der Waals surface area (Å²) in [5.41, 5.74) is 2.62. The summed E-state index contributed by atoms with van der Waals surface area (Å²) < 4.78 is 54.3. The number of amides is 1. The number of sulfonamides is 2. The standard InChI is InChI=1S/C22H29N3O5S2/c1-15-7-8-17(3)21(12-15)32(29,30)25-11-5-6-18(14-25)22(26)24-20-13-19(10-9-16(20)2)31(27,28)23-4/h7-10,12-13,18,23H,5-6,11,14H2,1-4H3,(H,24,26)/t18-/m1/s1. The van der Waals surface area contributed by atoms with Crippen LogP contribution < -0.4 is 10.0 Å². The zero-order valence-corrected chi connectivity index (χ0v) is 20.3. The maximum absolute atomic E-state index is 13.2. The monoisotopic (exact) mass is 479 g/mol. The van der Waals surface area contributed by atoms with Crippen LogP contribution in [0.3, 0.4) is 0 Å². The zero-order valence-electron chi connectivity index (χ0n) is 18.7. The number of nitrogens with zero attached hydrogens (tertiary/aromatic N) is 1. The number of carbonyl (C=O) groups excluding carboxylic acids is 1. The highest BCUT2D eigenvalue weighted by molar-refractivity contribution is 7.89. The van der Waals surface area contributed by atoms with Gasteiger partial charge >= 0.3 is 0 Å². The van der Waals surface area contributed by atoms with Crippen LogP contribution in [0.1, 0.15) is 29.5 Å². The van der Waals surface area contributed by atoms with Gasteiger partial charge < -0.3 is 5.32 Å². The van der Waals surface area contributed by atoms with Gasteiger partial charge in [-0.1, -0.05) is 18.2 Å². The van der Waals surface area contributed by atoms with Gasteiger partial charge in [-0.25, -0.2) is 21.6 Å². The SMILES string of the molecule is CNS(=O)(=O)c1ccc(C)c(NC(=O)[C@@H]2CCCN(S(=O)(=O)c3cc(C)ccc3C)C2)c1. The van der Waals surface area contributed by atoms with E-state index in [0.29, 0.717) is 36.2 Å². The lowest BCUT2D eigenvalue weighted by Gasteiger charge is -2.31. The maximum Gasteiger partial charge on any atom is 0.243 e. The molecular formula is C22H29N3O5S2. The van der Waals surface area contributed by atoms with Gasteiger partial charge in [0.15, 0.2) is 0 Å². The Kier molecular flexibility index (Phi) is 7.09. The maximum atomic E-state index is 13.2. The number of carbonyl (C=O) groups is 1. The van der Waals surface area contributed by atoms with E-state index >= 15 is 0 Å². The first kappa shape index (κ1) is 24.4. The molecule has 8 nitrogen and oxygen atoms in total. The Morgan fingerprint density at radius 2 is 1.69 bits per heavy atom. The van der Waals surface area contributed by atoms with Crippen molar-refractivity contribution < 1.29 is 21.6 Å². The van der Waals surface area contributed by atoms with Crippen molar-refractivity contribution in [1.29, 1.82) is 0 Å². The Bertz CT molecular complexity index is 1240. The van der Waals surface area contributed by atoms with Crippen molar-refractivity contribution in [3.63, 3.8) is 0 Å². The first-order valence-electron chi connectivity index (χ1n) is 10.4. The molecule has 1 aliphatic rings. The van der Waals surface area contributed by atoms with Crippen molar-refractivity contribution in [3.8, 4) is 0 Å². The smallest absolute Gasteiger partial charge is 0.243 e. The summed E-state index contributed by atoms with van der Waals surface area (Å²) in [6.07, 6.45) is 1.12. The van der Waals surface area contributed by atoms with E-state index in [4.69, 9.17) is 0 Å². The van der Waals surface area contributed by atoms with Gasteiger partial charge in [0.25, 0.3) is 0 Å². The summed E-state index contributed by atoms with van der Waals surface area (Å²) in [4.78, 5) is 13.3. The highest BCUT2D eigenvalue weighted by Gasteiger charge is 2.34. The molecule has 3 rings (SSSR count). The Labute approximate surface area is 190 Å². The summed E-state index contributed by atoms with van der Waals surface area (Å²) in [5.74, 6) is -0.861. The molecule has 1 heterocycles. The second-order valence-corrected chi connectivity index (χ2v) is 11.9. The van der Waals surface area contributed by atoms with E-state index in [-0.39, 0.29) is 22.2 Å². The summed E-state index contributed by atoms with van der Waals surface area (Å²) in [7, 11) is -6.06. The number of piperidine rings is 1. The fourth-order valence-electron chi connectivity index (χ4n) is 3.75. The van der Waals surface area contributed by atoms with Crippen LogP contribution in [-0.2, 0) is 24.8 Å². The molecule has 1 atom stereocenters. The molecule has 0 aromatic heterocycles. The van der Waals surface area contributed by atoms with Gasteiger partial charge in [-0.15, -0.1) is 0 Å². The minimum Gasteiger partial charge on any atom is -0.326 e. The number of rotatable bonds is 6. The van der Waals surface area contributed by atoms with E-state index in [0.717, 1.165) is 5.56 Å². The van der Waals surface area contributed by atoms with Crippen molar-refractivity contribution in [2.45, 2.75) is 43.4 Å². The molecule has 1 aliphatic heterocycles. The molecule has 1 saturated heterocycles. The fourth-order valence-corrected chi connectivity index (χ4v) is 6.34. The molecule has 174 valence electrons. The lowest BCUT2D eigenvalue weighted by Crippen LogP contribution is -2.43. The number of hydrogen-bond acceptors (Lipinski definition) is 5. The quantitative estimate of drug-likeness (QED) is 0.661. The molecule has 2 aromatic rings. The molecule has 2 N–H and O–H groups in total. The van der Waals surface area contributed by atoms with E-state index in [1.54, 1.807) is 32.0 Å². The molecular weight excluding hydrogens is 450 g/mol. The van der Waals surface area contributed by atoms with Gasteiger partial charge in [0, 0.05) is 18.8 Å². The van der Waals surface area contributed by atoms with Crippen LogP contribution in [0.4, 0.5) is 5.69 Å². The van der Waals surface area contributed by atoms with Gasteiger partial charge in [-0.05, 0) is 75.5 Å². The number of nitrogens with one attached hydrogen (secondary N) is 2. The lowest BCUT2D eigenvalue weighted by atomic mass is 9.98. The predicted molar refractivity (Wildman–Crippen MR) is 123 cm³/mol. The molecule has 10 heteroatoms. The summed E-state index contributed by atoms with van der Waals surface area (Å²) in [6.45, 7) is 5.80. The van der Waals surface area contributed by atoms with E-state index in [1.165, 1.54) is 23.5 Å². The molecule has 1 fully saturated rings. The van der Waals surface area contributed by atoms with E-state index in [9.17, 15) is 21.6 Å². The van der Waals surface area contributed by atoms with Crippen molar-refractivity contribution >= 4 is 31.6 Å². The van der Waals surface area contributed by atoms with E-state index in [2.05, 4.69) is 10.0 Å². The molecule has 0 unspecified atom stereocenters. The Morgan fingerprint density at radius 1 is 1.00 bits per heavy atom. The number of anilines is 1. The minimum atomic E-state index is -3.73. The second-order valence-electron chi connectivity index (χ2n) is 8.14. The van der Waals surface area contributed by atoms with Crippen LogP contribution in [0.15, 0.2) is 46.2 Å². The first-order valence-corrected chi connectivity index (χ1v) is 13.3. The second kappa shape index (κ2) is 9.30. The van der Waals surface area contributed by atoms with Crippen LogP contribution in [0.2, 0.25) is 0 Å². The highest BCUT2D eigenvalue weighted by atomic mass is 32.2. The van der Waals surface area contributed by atoms with Crippen LogP contribution in [0.25, 0.3) is 0 Å². The number of benzene rings is 2. The Hall–Kier alpha value is -2.27. The molecule has 0 spiro atoms. The van der Waals surface area contributed by atoms with Gasteiger partial charge in [0.2, 0.25) is 26.0 Å². The highest BCUT2D eigenvalue weighted by Crippen LogP contribution is 2.28. The van der Waals surface area contributed by atoms with Gasteiger partial charge in [0.1, 0.15) is 0 Å². The third kappa shape index (κ3) is 5.03.